The second-order valence-corrected chi connectivity index (χ2v) is 4.22. The van der Waals surface area contributed by atoms with Crippen LogP contribution in [0.5, 0.6) is 0 Å². The average molecular weight is 244 g/mol. The fraction of sp³-hybridized carbons (Fsp3) is 0.545. The van der Waals surface area contributed by atoms with Crippen molar-refractivity contribution in [1.82, 2.24) is 0 Å². The molecule has 1 atom stereocenters. The number of hydrogen-bond acceptors (Lipinski definition) is 4. The van der Waals surface area contributed by atoms with Crippen LogP contribution in [0, 0.1) is 0 Å². The zero-order chi connectivity index (χ0) is 11.8. The summed E-state index contributed by atoms with van der Waals surface area (Å²) in [5.41, 5.74) is 0. The summed E-state index contributed by atoms with van der Waals surface area (Å²) in [5.74, 6) is -0.974. The van der Waals surface area contributed by atoms with Gasteiger partial charge in [0.05, 0.1) is 13.2 Å². The maximum atomic E-state index is 10.7. The fourth-order valence-electron chi connectivity index (χ4n) is 1.21. The molecule has 1 aromatic rings. The lowest BCUT2D eigenvalue weighted by Gasteiger charge is -2.12. The van der Waals surface area contributed by atoms with E-state index in [0.29, 0.717) is 13.2 Å². The molecule has 0 fully saturated rings. The summed E-state index contributed by atoms with van der Waals surface area (Å²) < 4.78 is 10.3. The maximum absolute atomic E-state index is 10.7. The van der Waals surface area contributed by atoms with Crippen LogP contribution in [0.25, 0.3) is 0 Å². The number of rotatable bonds is 8. The molecule has 1 N–H and O–H groups in total. The third kappa shape index (κ3) is 4.74. The van der Waals surface area contributed by atoms with Gasteiger partial charge in [-0.25, -0.2) is 4.79 Å². The van der Waals surface area contributed by atoms with Crippen LogP contribution in [0.4, 0.5) is 0 Å². The van der Waals surface area contributed by atoms with Gasteiger partial charge in [-0.05, 0) is 18.4 Å². The number of thiophene rings is 1. The van der Waals surface area contributed by atoms with Crippen molar-refractivity contribution in [2.24, 2.45) is 0 Å². The number of carboxylic acid groups (broad SMARTS) is 1. The smallest absolute Gasteiger partial charge is 0.335 e. The molecule has 0 spiro atoms. The lowest BCUT2D eigenvalue weighted by atomic mass is 10.3. The largest absolute Gasteiger partial charge is 0.479 e. The van der Waals surface area contributed by atoms with Gasteiger partial charge in [-0.3, -0.25) is 0 Å². The number of ether oxygens (including phenoxy) is 2. The average Bonchev–Trinajstić information content (AvgIpc) is 2.75. The lowest BCUT2D eigenvalue weighted by Crippen LogP contribution is -2.29. The second kappa shape index (κ2) is 7.38. The van der Waals surface area contributed by atoms with Crippen LogP contribution < -0.4 is 0 Å². The van der Waals surface area contributed by atoms with E-state index in [-0.39, 0.29) is 6.61 Å². The molecule has 0 aliphatic carbocycles. The van der Waals surface area contributed by atoms with Crippen molar-refractivity contribution in [2.75, 3.05) is 19.8 Å². The standard InChI is InChI=1S/C11H16O4S/c1-2-15-10(11(12)13)8-14-6-5-9-4-3-7-16-9/h3-4,7,10H,2,5-6,8H2,1H3,(H,12,13). The first kappa shape index (κ1) is 13.2. The molecular weight excluding hydrogens is 228 g/mol. The van der Waals surface area contributed by atoms with E-state index < -0.39 is 12.1 Å². The quantitative estimate of drug-likeness (QED) is 0.708. The van der Waals surface area contributed by atoms with Gasteiger partial charge in [0, 0.05) is 17.9 Å². The van der Waals surface area contributed by atoms with Crippen LogP contribution >= 0.6 is 11.3 Å². The predicted octanol–water partition coefficient (Wildman–Crippen LogP) is 1.80. The highest BCUT2D eigenvalue weighted by Gasteiger charge is 2.17. The molecule has 1 unspecified atom stereocenters. The first-order valence-corrected chi connectivity index (χ1v) is 6.06. The molecular formula is C11H16O4S. The minimum Gasteiger partial charge on any atom is -0.479 e. The molecule has 0 saturated carbocycles. The summed E-state index contributed by atoms with van der Waals surface area (Å²) in [6.45, 7) is 2.78. The van der Waals surface area contributed by atoms with E-state index in [9.17, 15) is 4.79 Å². The van der Waals surface area contributed by atoms with Crippen molar-refractivity contribution in [1.29, 1.82) is 0 Å². The molecule has 0 aromatic carbocycles. The van der Waals surface area contributed by atoms with Gasteiger partial charge in [-0.2, -0.15) is 0 Å². The molecule has 16 heavy (non-hydrogen) atoms. The van der Waals surface area contributed by atoms with Gasteiger partial charge < -0.3 is 14.6 Å². The first-order valence-electron chi connectivity index (χ1n) is 5.18. The van der Waals surface area contributed by atoms with Crippen molar-refractivity contribution in [3.8, 4) is 0 Å². The Morgan fingerprint density at radius 2 is 2.44 bits per heavy atom. The van der Waals surface area contributed by atoms with Gasteiger partial charge >= 0.3 is 5.97 Å². The van der Waals surface area contributed by atoms with Crippen LogP contribution in [0.3, 0.4) is 0 Å². The van der Waals surface area contributed by atoms with Crippen LogP contribution in [-0.4, -0.2) is 37.0 Å². The Hall–Kier alpha value is -0.910. The Balaban J connectivity index is 2.15. The van der Waals surface area contributed by atoms with Crippen molar-refractivity contribution in [3.05, 3.63) is 22.4 Å². The fourth-order valence-corrected chi connectivity index (χ4v) is 1.90. The third-order valence-corrected chi connectivity index (χ3v) is 2.92. The summed E-state index contributed by atoms with van der Waals surface area (Å²) in [6.07, 6.45) is -0.0378. The topological polar surface area (TPSA) is 55.8 Å². The summed E-state index contributed by atoms with van der Waals surface area (Å²) in [6, 6.07) is 4.02. The molecule has 1 rings (SSSR count). The van der Waals surface area contributed by atoms with E-state index in [0.717, 1.165) is 6.42 Å². The van der Waals surface area contributed by atoms with Gasteiger partial charge in [-0.15, -0.1) is 11.3 Å². The highest BCUT2D eigenvalue weighted by atomic mass is 32.1. The minimum atomic E-state index is -0.974. The van der Waals surface area contributed by atoms with Gasteiger partial charge in [-0.1, -0.05) is 6.07 Å². The zero-order valence-corrected chi connectivity index (χ0v) is 10.0. The minimum absolute atomic E-state index is 0.106. The van der Waals surface area contributed by atoms with Crippen molar-refractivity contribution >= 4 is 17.3 Å². The van der Waals surface area contributed by atoms with Crippen molar-refractivity contribution in [2.45, 2.75) is 19.4 Å². The molecule has 5 heteroatoms. The molecule has 0 aliphatic rings. The Morgan fingerprint density at radius 1 is 1.62 bits per heavy atom. The van der Waals surface area contributed by atoms with Crippen molar-refractivity contribution in [3.63, 3.8) is 0 Å². The van der Waals surface area contributed by atoms with E-state index in [2.05, 4.69) is 0 Å². The van der Waals surface area contributed by atoms with Gasteiger partial charge in [0.25, 0.3) is 0 Å². The first-order chi connectivity index (χ1) is 7.74. The Bertz CT molecular complexity index is 297. The van der Waals surface area contributed by atoms with Crippen LogP contribution in [0.1, 0.15) is 11.8 Å². The van der Waals surface area contributed by atoms with E-state index in [4.69, 9.17) is 14.6 Å². The molecule has 1 aromatic heterocycles. The highest BCUT2D eigenvalue weighted by Crippen LogP contribution is 2.09. The van der Waals surface area contributed by atoms with Crippen LogP contribution in [0.15, 0.2) is 17.5 Å². The van der Waals surface area contributed by atoms with E-state index in [1.165, 1.54) is 4.88 Å². The Kier molecular flexibility index (Phi) is 6.07. The van der Waals surface area contributed by atoms with E-state index >= 15 is 0 Å². The predicted molar refractivity (Wildman–Crippen MR) is 61.9 cm³/mol. The van der Waals surface area contributed by atoms with Gasteiger partial charge in [0.2, 0.25) is 0 Å². The summed E-state index contributed by atoms with van der Waals surface area (Å²) in [5, 5.41) is 10.8. The SMILES string of the molecule is CCOC(COCCc1cccs1)C(=O)O. The molecule has 0 saturated heterocycles. The second-order valence-electron chi connectivity index (χ2n) is 3.19. The monoisotopic (exact) mass is 244 g/mol. The Morgan fingerprint density at radius 3 is 3.00 bits per heavy atom. The molecule has 0 amide bonds. The zero-order valence-electron chi connectivity index (χ0n) is 9.22. The van der Waals surface area contributed by atoms with Crippen LogP contribution in [-0.2, 0) is 20.7 Å². The van der Waals surface area contributed by atoms with E-state index in [1.54, 1.807) is 18.3 Å². The Labute approximate surface area is 98.8 Å². The highest BCUT2D eigenvalue weighted by molar-refractivity contribution is 7.09. The summed E-state index contributed by atoms with van der Waals surface area (Å²) in [7, 11) is 0. The van der Waals surface area contributed by atoms with Gasteiger partial charge in [0.1, 0.15) is 0 Å². The maximum Gasteiger partial charge on any atom is 0.335 e. The molecule has 0 radical (unpaired) electrons. The lowest BCUT2D eigenvalue weighted by molar-refractivity contribution is -0.154. The number of aliphatic carboxylic acids is 1. The molecule has 0 bridgehead atoms. The molecule has 90 valence electrons. The summed E-state index contributed by atoms with van der Waals surface area (Å²) in [4.78, 5) is 11.9. The number of carbonyl (C=O) groups is 1. The molecule has 0 aliphatic heterocycles. The number of carboxylic acids is 1. The normalized spacial score (nSPS) is 12.6. The van der Waals surface area contributed by atoms with Crippen LogP contribution in [0.2, 0.25) is 0 Å². The van der Waals surface area contributed by atoms with Crippen molar-refractivity contribution < 1.29 is 19.4 Å². The van der Waals surface area contributed by atoms with Gasteiger partial charge in [0.15, 0.2) is 6.10 Å². The third-order valence-electron chi connectivity index (χ3n) is 1.99. The molecule has 1 heterocycles. The summed E-state index contributed by atoms with van der Waals surface area (Å²) >= 11 is 1.67. The van der Waals surface area contributed by atoms with E-state index in [1.807, 2.05) is 17.5 Å². The molecule has 4 nitrogen and oxygen atoms in total. The number of hydrogen-bond donors (Lipinski definition) is 1.